The number of amides is 1. The molecule has 150 valence electrons. The molecule has 6 heteroatoms. The Morgan fingerprint density at radius 1 is 1.22 bits per heavy atom. The third-order valence-electron chi connectivity index (χ3n) is 4.99. The van der Waals surface area contributed by atoms with E-state index < -0.39 is 0 Å². The molecule has 0 saturated carbocycles. The molecular formula is C21H34N4O2. The van der Waals surface area contributed by atoms with E-state index in [1.165, 1.54) is 5.56 Å². The molecule has 1 aromatic carbocycles. The Morgan fingerprint density at radius 2 is 1.96 bits per heavy atom. The van der Waals surface area contributed by atoms with Gasteiger partial charge in [-0.1, -0.05) is 30.3 Å². The molecule has 2 N–H and O–H groups in total. The first kappa shape index (κ1) is 21.2. The molecular weight excluding hydrogens is 340 g/mol. The van der Waals surface area contributed by atoms with Crippen LogP contribution in [0.2, 0.25) is 0 Å². The van der Waals surface area contributed by atoms with E-state index >= 15 is 0 Å². The van der Waals surface area contributed by atoms with Gasteiger partial charge in [-0.2, -0.15) is 0 Å². The van der Waals surface area contributed by atoms with E-state index in [0.29, 0.717) is 18.9 Å². The Labute approximate surface area is 163 Å². The fourth-order valence-electron chi connectivity index (χ4n) is 3.34. The Hall–Kier alpha value is -2.08. The molecule has 0 bridgehead atoms. The molecule has 2 rings (SSSR count). The van der Waals surface area contributed by atoms with Gasteiger partial charge in [0.05, 0.1) is 6.61 Å². The minimum atomic E-state index is 0.144. The van der Waals surface area contributed by atoms with Gasteiger partial charge in [-0.05, 0) is 37.2 Å². The number of benzene rings is 1. The normalized spacial score (nSPS) is 15.6. The SMILES string of the molecule is CN=C(NCCCCOCc1ccccc1)N1CCC(CC(=O)NC)CC1. The lowest BCUT2D eigenvalue weighted by molar-refractivity contribution is -0.121. The maximum Gasteiger partial charge on any atom is 0.220 e. The van der Waals surface area contributed by atoms with E-state index in [-0.39, 0.29) is 5.91 Å². The van der Waals surface area contributed by atoms with Gasteiger partial charge in [0, 0.05) is 46.8 Å². The van der Waals surface area contributed by atoms with Crippen molar-refractivity contribution in [2.45, 2.75) is 38.7 Å². The third kappa shape index (κ3) is 7.99. The Bertz CT molecular complexity index is 569. The minimum absolute atomic E-state index is 0.144. The van der Waals surface area contributed by atoms with Gasteiger partial charge in [-0.15, -0.1) is 0 Å². The Morgan fingerprint density at radius 3 is 2.63 bits per heavy atom. The maximum atomic E-state index is 11.5. The number of nitrogens with zero attached hydrogens (tertiary/aromatic N) is 2. The molecule has 1 amide bonds. The first-order valence-electron chi connectivity index (χ1n) is 10.0. The predicted octanol–water partition coefficient (Wildman–Crippen LogP) is 2.41. The predicted molar refractivity (Wildman–Crippen MR) is 110 cm³/mol. The highest BCUT2D eigenvalue weighted by Gasteiger charge is 2.22. The van der Waals surface area contributed by atoms with Gasteiger partial charge in [0.15, 0.2) is 5.96 Å². The summed E-state index contributed by atoms with van der Waals surface area (Å²) in [6.07, 6.45) is 4.81. The van der Waals surface area contributed by atoms with Gasteiger partial charge < -0.3 is 20.3 Å². The summed E-state index contributed by atoms with van der Waals surface area (Å²) in [5.74, 6) is 1.60. The van der Waals surface area contributed by atoms with Crippen molar-refractivity contribution in [3.05, 3.63) is 35.9 Å². The molecule has 6 nitrogen and oxygen atoms in total. The molecule has 1 saturated heterocycles. The first-order chi connectivity index (χ1) is 13.2. The summed E-state index contributed by atoms with van der Waals surface area (Å²) in [5.41, 5.74) is 1.22. The van der Waals surface area contributed by atoms with E-state index in [1.54, 1.807) is 7.05 Å². The van der Waals surface area contributed by atoms with Crippen molar-refractivity contribution in [2.24, 2.45) is 10.9 Å². The lowest BCUT2D eigenvalue weighted by Crippen LogP contribution is -2.46. The number of hydrogen-bond donors (Lipinski definition) is 2. The summed E-state index contributed by atoms with van der Waals surface area (Å²) in [5, 5.41) is 6.17. The quantitative estimate of drug-likeness (QED) is 0.396. The van der Waals surface area contributed by atoms with Crippen LogP contribution in [0.3, 0.4) is 0 Å². The summed E-state index contributed by atoms with van der Waals surface area (Å²) >= 11 is 0. The molecule has 0 spiro atoms. The molecule has 1 aliphatic rings. The van der Waals surface area contributed by atoms with E-state index in [4.69, 9.17) is 4.74 Å². The van der Waals surface area contributed by atoms with Crippen LogP contribution < -0.4 is 10.6 Å². The number of guanidine groups is 1. The Kier molecular flexibility index (Phi) is 9.69. The fraction of sp³-hybridized carbons (Fsp3) is 0.619. The zero-order valence-corrected chi connectivity index (χ0v) is 16.7. The van der Waals surface area contributed by atoms with Crippen LogP contribution in [0.15, 0.2) is 35.3 Å². The molecule has 0 aliphatic carbocycles. The van der Waals surface area contributed by atoms with Crippen molar-refractivity contribution in [2.75, 3.05) is 40.3 Å². The van der Waals surface area contributed by atoms with Crippen LogP contribution in [-0.4, -0.2) is 57.1 Å². The van der Waals surface area contributed by atoms with Crippen molar-refractivity contribution in [3.8, 4) is 0 Å². The number of aliphatic imine (C=N–C) groups is 1. The number of carbonyl (C=O) groups is 1. The highest BCUT2D eigenvalue weighted by molar-refractivity contribution is 5.80. The highest BCUT2D eigenvalue weighted by Crippen LogP contribution is 2.20. The van der Waals surface area contributed by atoms with E-state index in [9.17, 15) is 4.79 Å². The number of unbranched alkanes of at least 4 members (excludes halogenated alkanes) is 1. The number of ether oxygens (including phenoxy) is 1. The molecule has 0 radical (unpaired) electrons. The minimum Gasteiger partial charge on any atom is -0.377 e. The summed E-state index contributed by atoms with van der Waals surface area (Å²) in [6, 6.07) is 10.3. The Balaban J connectivity index is 1.55. The number of nitrogens with one attached hydrogen (secondary N) is 2. The molecule has 0 aromatic heterocycles. The van der Waals surface area contributed by atoms with E-state index in [2.05, 4.69) is 32.7 Å². The monoisotopic (exact) mass is 374 g/mol. The van der Waals surface area contributed by atoms with Gasteiger partial charge in [0.2, 0.25) is 5.91 Å². The van der Waals surface area contributed by atoms with Crippen LogP contribution >= 0.6 is 0 Å². The summed E-state index contributed by atoms with van der Waals surface area (Å²) < 4.78 is 5.72. The van der Waals surface area contributed by atoms with E-state index in [0.717, 1.165) is 57.9 Å². The van der Waals surface area contributed by atoms with Crippen molar-refractivity contribution >= 4 is 11.9 Å². The third-order valence-corrected chi connectivity index (χ3v) is 4.99. The average Bonchev–Trinajstić information content (AvgIpc) is 2.71. The fourth-order valence-corrected chi connectivity index (χ4v) is 3.34. The lowest BCUT2D eigenvalue weighted by Gasteiger charge is -2.34. The van der Waals surface area contributed by atoms with Crippen molar-refractivity contribution < 1.29 is 9.53 Å². The number of hydrogen-bond acceptors (Lipinski definition) is 3. The van der Waals surface area contributed by atoms with Crippen LogP contribution in [0.4, 0.5) is 0 Å². The summed E-state index contributed by atoms with van der Waals surface area (Å²) in [4.78, 5) is 18.2. The largest absolute Gasteiger partial charge is 0.377 e. The van der Waals surface area contributed by atoms with Crippen LogP contribution in [-0.2, 0) is 16.1 Å². The van der Waals surface area contributed by atoms with Crippen LogP contribution in [0.5, 0.6) is 0 Å². The zero-order chi connectivity index (χ0) is 19.3. The van der Waals surface area contributed by atoms with Gasteiger partial charge in [-0.25, -0.2) is 0 Å². The van der Waals surface area contributed by atoms with E-state index in [1.807, 2.05) is 25.2 Å². The van der Waals surface area contributed by atoms with Crippen molar-refractivity contribution in [1.82, 2.24) is 15.5 Å². The summed E-state index contributed by atoms with van der Waals surface area (Å²) in [7, 11) is 3.54. The topological polar surface area (TPSA) is 66.0 Å². The van der Waals surface area contributed by atoms with Gasteiger partial charge in [0.25, 0.3) is 0 Å². The zero-order valence-electron chi connectivity index (χ0n) is 16.7. The number of likely N-dealkylation sites (tertiary alicyclic amines) is 1. The molecule has 1 heterocycles. The first-order valence-corrected chi connectivity index (χ1v) is 10.0. The van der Waals surface area contributed by atoms with Crippen molar-refractivity contribution in [3.63, 3.8) is 0 Å². The number of rotatable bonds is 9. The molecule has 0 atom stereocenters. The smallest absolute Gasteiger partial charge is 0.220 e. The lowest BCUT2D eigenvalue weighted by atomic mass is 9.93. The van der Waals surface area contributed by atoms with Gasteiger partial charge >= 0.3 is 0 Å². The molecule has 1 aliphatic heterocycles. The summed E-state index contributed by atoms with van der Waals surface area (Å²) in [6.45, 7) is 4.28. The number of piperidine rings is 1. The van der Waals surface area contributed by atoms with Crippen molar-refractivity contribution in [1.29, 1.82) is 0 Å². The van der Waals surface area contributed by atoms with Crippen LogP contribution in [0.25, 0.3) is 0 Å². The second kappa shape index (κ2) is 12.3. The second-order valence-electron chi connectivity index (χ2n) is 7.03. The van der Waals surface area contributed by atoms with Gasteiger partial charge in [0.1, 0.15) is 0 Å². The highest BCUT2D eigenvalue weighted by atomic mass is 16.5. The second-order valence-corrected chi connectivity index (χ2v) is 7.03. The number of carbonyl (C=O) groups excluding carboxylic acids is 1. The van der Waals surface area contributed by atoms with Gasteiger partial charge in [-0.3, -0.25) is 9.79 Å². The molecule has 0 unspecified atom stereocenters. The average molecular weight is 375 g/mol. The standard InChI is InChI=1S/C21H34N4O2/c1-22-20(26)16-18-10-13-25(14-11-18)21(23-2)24-12-6-7-15-27-17-19-8-4-3-5-9-19/h3-5,8-9,18H,6-7,10-17H2,1-2H3,(H,22,26)(H,23,24). The maximum absolute atomic E-state index is 11.5. The van der Waals surface area contributed by atoms with Crippen LogP contribution in [0, 0.1) is 5.92 Å². The molecule has 27 heavy (non-hydrogen) atoms. The molecule has 1 fully saturated rings. The van der Waals surface area contributed by atoms with Crippen LogP contribution in [0.1, 0.15) is 37.7 Å². The molecule has 1 aromatic rings.